The number of hydrogen-bond acceptors (Lipinski definition) is 5. The van der Waals surface area contributed by atoms with Gasteiger partial charge in [0.1, 0.15) is 5.75 Å². The van der Waals surface area contributed by atoms with E-state index < -0.39 is 4.92 Å². The first-order valence-electron chi connectivity index (χ1n) is 7.77. The molecule has 1 aliphatic heterocycles. The maximum absolute atomic E-state index is 12.5. The summed E-state index contributed by atoms with van der Waals surface area (Å²) < 4.78 is 5.55. The molecule has 2 aromatic rings. The number of amides is 1. The van der Waals surface area contributed by atoms with E-state index in [9.17, 15) is 14.9 Å². The maximum Gasteiger partial charge on any atom is 0.272 e. The summed E-state index contributed by atoms with van der Waals surface area (Å²) in [5, 5.41) is 12.8. The number of carbonyl (C=O) groups excluding carboxylic acids is 1. The number of nitro benzene ring substituents is 1. The fourth-order valence-electron chi connectivity index (χ4n) is 2.99. The van der Waals surface area contributed by atoms with Crippen LogP contribution < -0.4 is 4.74 Å². The highest BCUT2D eigenvalue weighted by Crippen LogP contribution is 2.34. The molecule has 1 aliphatic rings. The Bertz CT molecular complexity index is 745. The minimum Gasteiger partial charge on any atom is -0.484 e. The quantitative estimate of drug-likeness (QED) is 0.611. The number of thiophene rings is 1. The lowest BCUT2D eigenvalue weighted by molar-refractivity contribution is -0.385. The lowest BCUT2D eigenvalue weighted by Crippen LogP contribution is -2.34. The van der Waals surface area contributed by atoms with Crippen LogP contribution in [0.2, 0.25) is 0 Å². The molecule has 126 valence electrons. The molecule has 24 heavy (non-hydrogen) atoms. The van der Waals surface area contributed by atoms with Crippen LogP contribution in [0.3, 0.4) is 0 Å². The average molecular weight is 346 g/mol. The van der Waals surface area contributed by atoms with Crippen LogP contribution in [-0.2, 0) is 4.79 Å². The minimum atomic E-state index is -0.430. The van der Waals surface area contributed by atoms with Crippen LogP contribution in [0.4, 0.5) is 5.69 Å². The van der Waals surface area contributed by atoms with Crippen molar-refractivity contribution in [3.8, 4) is 5.75 Å². The number of nitrogens with zero attached hydrogens (tertiary/aromatic N) is 2. The molecule has 1 aromatic heterocycles. The van der Waals surface area contributed by atoms with Crippen molar-refractivity contribution in [1.82, 2.24) is 4.90 Å². The molecular formula is C17H18N2O4S. The molecule has 0 aliphatic carbocycles. The predicted octanol–water partition coefficient (Wildman–Crippen LogP) is 3.71. The third kappa shape index (κ3) is 3.41. The molecule has 1 amide bonds. The second-order valence-electron chi connectivity index (χ2n) is 5.75. The average Bonchev–Trinajstić information content (AvgIpc) is 3.22. The Morgan fingerprint density at radius 3 is 2.96 bits per heavy atom. The van der Waals surface area contributed by atoms with Crippen molar-refractivity contribution in [3.05, 3.63) is 56.3 Å². The monoisotopic (exact) mass is 346 g/mol. The summed E-state index contributed by atoms with van der Waals surface area (Å²) >= 11 is 1.66. The molecule has 1 saturated heterocycles. The van der Waals surface area contributed by atoms with Gasteiger partial charge < -0.3 is 9.64 Å². The molecule has 1 fully saturated rings. The summed E-state index contributed by atoms with van der Waals surface area (Å²) in [5.41, 5.74) is 0.563. The van der Waals surface area contributed by atoms with Crippen molar-refractivity contribution in [2.45, 2.75) is 25.8 Å². The molecule has 0 saturated carbocycles. The molecule has 3 rings (SSSR count). The Labute approximate surface area is 143 Å². The van der Waals surface area contributed by atoms with Crippen LogP contribution in [-0.4, -0.2) is 28.9 Å². The van der Waals surface area contributed by atoms with Crippen molar-refractivity contribution in [3.63, 3.8) is 0 Å². The molecule has 7 heteroatoms. The molecule has 0 unspecified atom stereocenters. The Morgan fingerprint density at radius 1 is 1.46 bits per heavy atom. The molecule has 0 N–H and O–H groups in total. The third-order valence-corrected chi connectivity index (χ3v) is 5.15. The molecule has 1 atom stereocenters. The smallest absolute Gasteiger partial charge is 0.272 e. The minimum absolute atomic E-state index is 0.0472. The molecule has 0 radical (unpaired) electrons. The third-order valence-electron chi connectivity index (χ3n) is 4.17. The van der Waals surface area contributed by atoms with Gasteiger partial charge in [0.05, 0.1) is 11.0 Å². The Hall–Kier alpha value is -2.41. The van der Waals surface area contributed by atoms with Crippen molar-refractivity contribution in [1.29, 1.82) is 0 Å². The van der Waals surface area contributed by atoms with Crippen molar-refractivity contribution >= 4 is 22.9 Å². The normalized spacial score (nSPS) is 17.0. The number of benzene rings is 1. The van der Waals surface area contributed by atoms with Crippen LogP contribution in [0.5, 0.6) is 5.75 Å². The van der Waals surface area contributed by atoms with Gasteiger partial charge in [0.2, 0.25) is 0 Å². The zero-order chi connectivity index (χ0) is 17.1. The highest BCUT2D eigenvalue weighted by molar-refractivity contribution is 7.10. The maximum atomic E-state index is 12.5. The van der Waals surface area contributed by atoms with Crippen LogP contribution in [0.1, 0.15) is 29.3 Å². The van der Waals surface area contributed by atoms with E-state index in [0.717, 1.165) is 19.4 Å². The Morgan fingerprint density at radius 2 is 2.29 bits per heavy atom. The zero-order valence-corrected chi connectivity index (χ0v) is 14.1. The predicted molar refractivity (Wildman–Crippen MR) is 91.3 cm³/mol. The van der Waals surface area contributed by atoms with Gasteiger partial charge in [-0.2, -0.15) is 0 Å². The zero-order valence-electron chi connectivity index (χ0n) is 13.3. The summed E-state index contributed by atoms with van der Waals surface area (Å²) in [7, 11) is 0. The number of likely N-dealkylation sites (tertiary alicyclic amines) is 1. The van der Waals surface area contributed by atoms with Gasteiger partial charge in [-0.05, 0) is 43.3 Å². The van der Waals surface area contributed by atoms with Gasteiger partial charge in [0.25, 0.3) is 11.6 Å². The Kier molecular flexibility index (Phi) is 4.80. The first kappa shape index (κ1) is 16.4. The SMILES string of the molecule is Cc1cc(OCC(=O)N2CCC[C@H]2c2cccs2)ccc1[N+](=O)[O-]. The number of ether oxygens (including phenoxy) is 1. The van der Waals surface area contributed by atoms with E-state index in [1.54, 1.807) is 24.3 Å². The van der Waals surface area contributed by atoms with Crippen LogP contribution >= 0.6 is 11.3 Å². The van der Waals surface area contributed by atoms with E-state index in [4.69, 9.17) is 4.74 Å². The van der Waals surface area contributed by atoms with Crippen molar-refractivity contribution in [2.24, 2.45) is 0 Å². The molecule has 6 nitrogen and oxygen atoms in total. The van der Waals surface area contributed by atoms with Gasteiger partial charge in [-0.1, -0.05) is 6.07 Å². The number of aryl methyl sites for hydroxylation is 1. The summed E-state index contributed by atoms with van der Waals surface area (Å²) in [6, 6.07) is 8.71. The second-order valence-corrected chi connectivity index (χ2v) is 6.73. The van der Waals surface area contributed by atoms with Gasteiger partial charge in [-0.3, -0.25) is 14.9 Å². The lowest BCUT2D eigenvalue weighted by atomic mass is 10.2. The van der Waals surface area contributed by atoms with Gasteiger partial charge in [0.15, 0.2) is 6.61 Å². The topological polar surface area (TPSA) is 72.7 Å². The molecule has 0 bridgehead atoms. The van der Waals surface area contributed by atoms with E-state index >= 15 is 0 Å². The summed E-state index contributed by atoms with van der Waals surface area (Å²) in [5.74, 6) is 0.417. The fraction of sp³-hybridized carbons (Fsp3) is 0.353. The van der Waals surface area contributed by atoms with Crippen molar-refractivity contribution < 1.29 is 14.5 Å². The van der Waals surface area contributed by atoms with E-state index in [1.807, 2.05) is 16.3 Å². The number of hydrogen-bond donors (Lipinski definition) is 0. The number of carbonyl (C=O) groups is 1. The largest absolute Gasteiger partial charge is 0.484 e. The van der Waals surface area contributed by atoms with E-state index in [2.05, 4.69) is 6.07 Å². The highest BCUT2D eigenvalue weighted by atomic mass is 32.1. The van der Waals surface area contributed by atoms with E-state index in [1.165, 1.54) is 17.0 Å². The molecule has 2 heterocycles. The van der Waals surface area contributed by atoms with Crippen LogP contribution in [0.25, 0.3) is 0 Å². The van der Waals surface area contributed by atoms with Gasteiger partial charge >= 0.3 is 0 Å². The molecule has 1 aromatic carbocycles. The van der Waals surface area contributed by atoms with E-state index in [0.29, 0.717) is 11.3 Å². The number of nitro groups is 1. The van der Waals surface area contributed by atoms with Gasteiger partial charge in [-0.15, -0.1) is 11.3 Å². The Balaban J connectivity index is 1.63. The van der Waals surface area contributed by atoms with Crippen molar-refractivity contribution in [2.75, 3.05) is 13.2 Å². The van der Waals surface area contributed by atoms with Gasteiger partial charge in [0, 0.05) is 23.1 Å². The first-order chi connectivity index (χ1) is 11.6. The summed E-state index contributed by atoms with van der Waals surface area (Å²) in [6.45, 7) is 2.34. The van der Waals surface area contributed by atoms with Crippen LogP contribution in [0, 0.1) is 17.0 Å². The standard InChI is InChI=1S/C17H18N2O4S/c1-12-10-13(6-7-14(12)19(21)22)23-11-17(20)18-8-2-4-15(18)16-5-3-9-24-16/h3,5-7,9-10,15H,2,4,8,11H2,1H3/t15-/m0/s1. The van der Waals surface area contributed by atoms with Crippen LogP contribution in [0.15, 0.2) is 35.7 Å². The van der Waals surface area contributed by atoms with E-state index in [-0.39, 0.29) is 24.2 Å². The van der Waals surface area contributed by atoms with Gasteiger partial charge in [-0.25, -0.2) is 0 Å². The summed E-state index contributed by atoms with van der Waals surface area (Å²) in [6.07, 6.45) is 1.97. The highest BCUT2D eigenvalue weighted by Gasteiger charge is 2.30. The molecule has 0 spiro atoms. The summed E-state index contributed by atoms with van der Waals surface area (Å²) in [4.78, 5) is 25.9. The second kappa shape index (κ2) is 7.00. The first-order valence-corrected chi connectivity index (χ1v) is 8.65. The lowest BCUT2D eigenvalue weighted by Gasteiger charge is -2.24. The molecular weight excluding hydrogens is 328 g/mol. The number of rotatable bonds is 5. The fourth-order valence-corrected chi connectivity index (χ4v) is 3.87.